The van der Waals surface area contributed by atoms with Crippen molar-refractivity contribution in [1.82, 2.24) is 10.2 Å². The summed E-state index contributed by atoms with van der Waals surface area (Å²) in [5.74, 6) is 0. The molecule has 1 fully saturated rings. The first-order chi connectivity index (χ1) is 9.20. The van der Waals surface area contributed by atoms with Gasteiger partial charge in [-0.05, 0) is 44.4 Å². The number of benzene rings is 1. The number of hydrogen-bond donors (Lipinski definition) is 1. The van der Waals surface area contributed by atoms with E-state index in [1.165, 1.54) is 36.8 Å². The van der Waals surface area contributed by atoms with Gasteiger partial charge in [-0.2, -0.15) is 0 Å². The molecule has 2 nitrogen and oxygen atoms in total. The minimum Gasteiger partial charge on any atom is -0.312 e. The van der Waals surface area contributed by atoms with Gasteiger partial charge < -0.3 is 5.32 Å². The molecule has 2 heteroatoms. The minimum absolute atomic E-state index is 0.658. The number of nitrogens with one attached hydrogen (secondary N) is 1. The van der Waals surface area contributed by atoms with Crippen molar-refractivity contribution < 1.29 is 0 Å². The van der Waals surface area contributed by atoms with Gasteiger partial charge in [0, 0.05) is 25.2 Å². The number of hydrogen-bond acceptors (Lipinski definition) is 2. The molecule has 0 amide bonds. The van der Waals surface area contributed by atoms with E-state index < -0.39 is 0 Å². The fourth-order valence-electron chi connectivity index (χ4n) is 2.59. The Kier molecular flexibility index (Phi) is 5.41. The zero-order valence-corrected chi connectivity index (χ0v) is 12.7. The molecule has 0 aliphatic heterocycles. The standard InChI is InChI=1S/C17H28N2/c1-4-7-17(12-18-16-10-11-16)19(3)13-15-9-6-5-8-14(15)2/h5-6,8-9,16-18H,4,7,10-13H2,1-3H3. The molecule has 1 saturated carbocycles. The summed E-state index contributed by atoms with van der Waals surface area (Å²) in [7, 11) is 2.27. The normalized spacial score (nSPS) is 16.8. The summed E-state index contributed by atoms with van der Waals surface area (Å²) in [6.45, 7) is 6.69. The Morgan fingerprint density at radius 1 is 1.32 bits per heavy atom. The van der Waals surface area contributed by atoms with Crippen LogP contribution in [0, 0.1) is 6.92 Å². The van der Waals surface area contributed by atoms with E-state index in [4.69, 9.17) is 0 Å². The van der Waals surface area contributed by atoms with Crippen molar-refractivity contribution in [3.63, 3.8) is 0 Å². The third-order valence-corrected chi connectivity index (χ3v) is 4.15. The molecule has 0 spiro atoms. The van der Waals surface area contributed by atoms with Gasteiger partial charge in [-0.25, -0.2) is 0 Å². The Morgan fingerprint density at radius 3 is 2.68 bits per heavy atom. The summed E-state index contributed by atoms with van der Waals surface area (Å²) in [6, 6.07) is 10.2. The summed E-state index contributed by atoms with van der Waals surface area (Å²) < 4.78 is 0. The molecular formula is C17H28N2. The van der Waals surface area contributed by atoms with Gasteiger partial charge in [-0.3, -0.25) is 4.90 Å². The smallest absolute Gasteiger partial charge is 0.0236 e. The van der Waals surface area contributed by atoms with Gasteiger partial charge in [0.25, 0.3) is 0 Å². The van der Waals surface area contributed by atoms with Crippen LogP contribution in [0.25, 0.3) is 0 Å². The predicted molar refractivity (Wildman–Crippen MR) is 82.4 cm³/mol. The van der Waals surface area contributed by atoms with Crippen molar-refractivity contribution in [3.8, 4) is 0 Å². The van der Waals surface area contributed by atoms with Gasteiger partial charge in [0.15, 0.2) is 0 Å². The molecule has 19 heavy (non-hydrogen) atoms. The SMILES string of the molecule is CCCC(CNC1CC1)N(C)Cc1ccccc1C. The van der Waals surface area contributed by atoms with Crippen LogP contribution in [0.1, 0.15) is 43.7 Å². The fraction of sp³-hybridized carbons (Fsp3) is 0.647. The van der Waals surface area contributed by atoms with E-state index in [9.17, 15) is 0 Å². The minimum atomic E-state index is 0.658. The highest BCUT2D eigenvalue weighted by Crippen LogP contribution is 2.19. The van der Waals surface area contributed by atoms with E-state index in [1.54, 1.807) is 0 Å². The Hall–Kier alpha value is -0.860. The van der Waals surface area contributed by atoms with Crippen molar-refractivity contribution in [3.05, 3.63) is 35.4 Å². The monoisotopic (exact) mass is 260 g/mol. The van der Waals surface area contributed by atoms with Crippen LogP contribution in [-0.2, 0) is 6.54 Å². The average Bonchev–Trinajstić information content (AvgIpc) is 3.21. The van der Waals surface area contributed by atoms with Crippen molar-refractivity contribution in [2.24, 2.45) is 0 Å². The molecule has 0 saturated heterocycles. The molecule has 1 aromatic rings. The molecule has 1 aromatic carbocycles. The van der Waals surface area contributed by atoms with Crippen molar-refractivity contribution >= 4 is 0 Å². The molecule has 1 unspecified atom stereocenters. The van der Waals surface area contributed by atoms with E-state index in [-0.39, 0.29) is 0 Å². The predicted octanol–water partition coefficient (Wildman–Crippen LogP) is 3.35. The maximum atomic E-state index is 3.68. The highest BCUT2D eigenvalue weighted by molar-refractivity contribution is 5.25. The van der Waals surface area contributed by atoms with E-state index in [0.717, 1.165) is 19.1 Å². The second-order valence-corrected chi connectivity index (χ2v) is 5.97. The molecule has 0 heterocycles. The summed E-state index contributed by atoms with van der Waals surface area (Å²) in [6.07, 6.45) is 5.29. The second-order valence-electron chi connectivity index (χ2n) is 5.97. The first-order valence-electron chi connectivity index (χ1n) is 7.68. The summed E-state index contributed by atoms with van der Waals surface area (Å²) in [5.41, 5.74) is 2.86. The van der Waals surface area contributed by atoms with Crippen molar-refractivity contribution in [2.45, 2.75) is 58.2 Å². The van der Waals surface area contributed by atoms with Crippen LogP contribution in [0.2, 0.25) is 0 Å². The molecule has 106 valence electrons. The quantitative estimate of drug-likeness (QED) is 0.771. The molecule has 1 aliphatic rings. The van der Waals surface area contributed by atoms with Crippen LogP contribution >= 0.6 is 0 Å². The van der Waals surface area contributed by atoms with E-state index in [2.05, 4.69) is 55.4 Å². The molecule has 0 radical (unpaired) electrons. The second kappa shape index (κ2) is 7.06. The van der Waals surface area contributed by atoms with Gasteiger partial charge in [0.05, 0.1) is 0 Å². The number of nitrogens with zero attached hydrogens (tertiary/aromatic N) is 1. The lowest BCUT2D eigenvalue weighted by Crippen LogP contribution is -2.40. The molecule has 1 N–H and O–H groups in total. The van der Waals surface area contributed by atoms with Gasteiger partial charge in [-0.1, -0.05) is 37.6 Å². The summed E-state index contributed by atoms with van der Waals surface area (Å²) in [4.78, 5) is 2.52. The molecule has 1 atom stereocenters. The lowest BCUT2D eigenvalue weighted by atomic mass is 10.1. The van der Waals surface area contributed by atoms with Crippen LogP contribution < -0.4 is 5.32 Å². The lowest BCUT2D eigenvalue weighted by Gasteiger charge is -2.29. The van der Waals surface area contributed by atoms with Crippen LogP contribution in [0.5, 0.6) is 0 Å². The molecule has 2 rings (SSSR count). The van der Waals surface area contributed by atoms with Crippen LogP contribution in [0.15, 0.2) is 24.3 Å². The Morgan fingerprint density at radius 2 is 2.05 bits per heavy atom. The maximum Gasteiger partial charge on any atom is 0.0236 e. The molecular weight excluding hydrogens is 232 g/mol. The number of rotatable bonds is 8. The highest BCUT2D eigenvalue weighted by atomic mass is 15.2. The van der Waals surface area contributed by atoms with E-state index >= 15 is 0 Å². The Bertz CT molecular complexity index is 385. The Balaban J connectivity index is 1.89. The third-order valence-electron chi connectivity index (χ3n) is 4.15. The number of aryl methyl sites for hydroxylation is 1. The Labute approximate surface area is 118 Å². The van der Waals surface area contributed by atoms with Crippen molar-refractivity contribution in [2.75, 3.05) is 13.6 Å². The van der Waals surface area contributed by atoms with Crippen LogP contribution in [0.3, 0.4) is 0 Å². The fourth-order valence-corrected chi connectivity index (χ4v) is 2.59. The highest BCUT2D eigenvalue weighted by Gasteiger charge is 2.23. The zero-order chi connectivity index (χ0) is 13.7. The molecule has 0 bridgehead atoms. The first kappa shape index (κ1) is 14.5. The van der Waals surface area contributed by atoms with Gasteiger partial charge in [0.2, 0.25) is 0 Å². The van der Waals surface area contributed by atoms with Crippen LogP contribution in [-0.4, -0.2) is 30.6 Å². The first-order valence-corrected chi connectivity index (χ1v) is 7.68. The summed E-state index contributed by atoms with van der Waals surface area (Å²) in [5, 5.41) is 3.68. The number of likely N-dealkylation sites (N-methyl/N-ethyl adjacent to an activating group) is 1. The van der Waals surface area contributed by atoms with E-state index in [1.807, 2.05) is 0 Å². The van der Waals surface area contributed by atoms with Gasteiger partial charge in [-0.15, -0.1) is 0 Å². The molecule has 0 aromatic heterocycles. The topological polar surface area (TPSA) is 15.3 Å². The van der Waals surface area contributed by atoms with E-state index in [0.29, 0.717) is 6.04 Å². The largest absolute Gasteiger partial charge is 0.312 e. The van der Waals surface area contributed by atoms with Gasteiger partial charge >= 0.3 is 0 Å². The lowest BCUT2D eigenvalue weighted by molar-refractivity contribution is 0.214. The summed E-state index contributed by atoms with van der Waals surface area (Å²) >= 11 is 0. The average molecular weight is 260 g/mol. The molecule has 1 aliphatic carbocycles. The maximum absolute atomic E-state index is 3.68. The van der Waals surface area contributed by atoms with Crippen molar-refractivity contribution in [1.29, 1.82) is 0 Å². The zero-order valence-electron chi connectivity index (χ0n) is 12.7. The third kappa shape index (κ3) is 4.63. The van der Waals surface area contributed by atoms with Crippen LogP contribution in [0.4, 0.5) is 0 Å². The van der Waals surface area contributed by atoms with Gasteiger partial charge in [0.1, 0.15) is 0 Å².